The third-order valence-corrected chi connectivity index (χ3v) is 5.82. The van der Waals surface area contributed by atoms with E-state index >= 15 is 0 Å². The fourth-order valence-corrected chi connectivity index (χ4v) is 4.20. The van der Waals surface area contributed by atoms with Crippen LogP contribution in [0.5, 0.6) is 0 Å². The number of nitrogens with one attached hydrogen (secondary N) is 2. The predicted octanol–water partition coefficient (Wildman–Crippen LogP) is 3.05. The molecule has 0 saturated carbocycles. The van der Waals surface area contributed by atoms with E-state index in [1.807, 2.05) is 7.05 Å². The molecule has 2 saturated heterocycles. The van der Waals surface area contributed by atoms with E-state index in [1.54, 1.807) is 6.07 Å². The van der Waals surface area contributed by atoms with Gasteiger partial charge in [-0.3, -0.25) is 9.89 Å². The van der Waals surface area contributed by atoms with Gasteiger partial charge in [0, 0.05) is 45.8 Å². The lowest BCUT2D eigenvalue weighted by Gasteiger charge is -2.34. The summed E-state index contributed by atoms with van der Waals surface area (Å²) in [4.78, 5) is 9.07. The molecule has 2 fully saturated rings. The summed E-state index contributed by atoms with van der Waals surface area (Å²) in [6.45, 7) is 5.83. The van der Waals surface area contributed by atoms with Crippen molar-refractivity contribution in [2.24, 2.45) is 10.9 Å². The summed E-state index contributed by atoms with van der Waals surface area (Å²) in [5.41, 5.74) is 0.820. The molecule has 2 N–H and O–H groups in total. The fourth-order valence-electron chi connectivity index (χ4n) is 4.20. The first-order valence-electron chi connectivity index (χ1n) is 10.4. The van der Waals surface area contributed by atoms with Crippen LogP contribution in [0.25, 0.3) is 0 Å². The van der Waals surface area contributed by atoms with E-state index in [1.165, 1.54) is 31.5 Å². The Morgan fingerprint density at radius 2 is 1.90 bits per heavy atom. The number of hydrogen-bond donors (Lipinski definition) is 2. The first kappa shape index (κ1) is 24.3. The van der Waals surface area contributed by atoms with Gasteiger partial charge in [0.1, 0.15) is 0 Å². The molecule has 0 spiro atoms. The van der Waals surface area contributed by atoms with E-state index < -0.39 is 11.6 Å². The minimum atomic E-state index is -0.787. The molecule has 2 heterocycles. The number of hydrogen-bond acceptors (Lipinski definition) is 3. The molecule has 3 rings (SSSR count). The van der Waals surface area contributed by atoms with E-state index in [0.717, 1.165) is 50.5 Å². The van der Waals surface area contributed by atoms with Crippen molar-refractivity contribution in [1.82, 2.24) is 20.4 Å². The number of rotatable bonds is 5. The van der Waals surface area contributed by atoms with Gasteiger partial charge in [0.2, 0.25) is 0 Å². The average molecular weight is 521 g/mol. The maximum Gasteiger partial charge on any atom is 0.191 e. The summed E-state index contributed by atoms with van der Waals surface area (Å²) in [6.07, 6.45) is 4.56. The predicted molar refractivity (Wildman–Crippen MR) is 125 cm³/mol. The molecule has 0 aliphatic carbocycles. The summed E-state index contributed by atoms with van der Waals surface area (Å²) in [5, 5.41) is 7.04. The SMILES string of the molecule is CN=C(NCC1CCCN(C)C1)NC1CCN(Cc2ccc(F)c(F)c2)CC1.I. The van der Waals surface area contributed by atoms with Gasteiger partial charge in [0.25, 0.3) is 0 Å². The Kier molecular flexibility index (Phi) is 10.0. The van der Waals surface area contributed by atoms with Gasteiger partial charge in [-0.15, -0.1) is 24.0 Å². The third kappa shape index (κ3) is 7.64. The van der Waals surface area contributed by atoms with Crippen molar-refractivity contribution < 1.29 is 8.78 Å². The van der Waals surface area contributed by atoms with Gasteiger partial charge in [-0.2, -0.15) is 0 Å². The second-order valence-electron chi connectivity index (χ2n) is 8.17. The first-order valence-corrected chi connectivity index (χ1v) is 10.4. The van der Waals surface area contributed by atoms with Gasteiger partial charge in [0.15, 0.2) is 17.6 Å². The minimum Gasteiger partial charge on any atom is -0.356 e. The van der Waals surface area contributed by atoms with Crippen molar-refractivity contribution >= 4 is 29.9 Å². The maximum absolute atomic E-state index is 13.4. The van der Waals surface area contributed by atoms with Gasteiger partial charge in [0.05, 0.1) is 0 Å². The van der Waals surface area contributed by atoms with Crippen LogP contribution in [0.2, 0.25) is 0 Å². The molecule has 0 bridgehead atoms. The maximum atomic E-state index is 13.4. The van der Waals surface area contributed by atoms with E-state index in [4.69, 9.17) is 0 Å². The summed E-state index contributed by atoms with van der Waals surface area (Å²) < 4.78 is 26.4. The molecule has 1 atom stereocenters. The second kappa shape index (κ2) is 12.0. The number of guanidine groups is 1. The minimum absolute atomic E-state index is 0. The molecule has 29 heavy (non-hydrogen) atoms. The highest BCUT2D eigenvalue weighted by Gasteiger charge is 2.21. The Bertz CT molecular complexity index is 664. The Morgan fingerprint density at radius 3 is 2.55 bits per heavy atom. The fraction of sp³-hybridized carbons (Fsp3) is 0.667. The van der Waals surface area contributed by atoms with Crippen molar-refractivity contribution in [3.8, 4) is 0 Å². The highest BCUT2D eigenvalue weighted by atomic mass is 127. The first-order chi connectivity index (χ1) is 13.5. The number of aliphatic imine (C=N–C) groups is 1. The van der Waals surface area contributed by atoms with Gasteiger partial charge >= 0.3 is 0 Å². The number of halogens is 3. The van der Waals surface area contributed by atoms with Gasteiger partial charge < -0.3 is 15.5 Å². The van der Waals surface area contributed by atoms with Crippen LogP contribution in [-0.4, -0.2) is 68.6 Å². The van der Waals surface area contributed by atoms with Crippen LogP contribution in [-0.2, 0) is 6.54 Å². The standard InChI is InChI=1S/C21H33F2N5.HI/c1-24-21(25-13-17-4-3-9-27(2)14-17)26-18-7-10-28(11-8-18)15-16-5-6-19(22)20(23)12-16;/h5-6,12,17-18H,3-4,7-11,13-15H2,1-2H3,(H2,24,25,26);1H. The average Bonchev–Trinajstić information content (AvgIpc) is 2.69. The van der Waals surface area contributed by atoms with Crippen LogP contribution in [0, 0.1) is 17.6 Å². The number of piperidine rings is 2. The molecule has 0 radical (unpaired) electrons. The zero-order valence-electron chi connectivity index (χ0n) is 17.5. The van der Waals surface area contributed by atoms with Crippen LogP contribution in [0.1, 0.15) is 31.2 Å². The van der Waals surface area contributed by atoms with Crippen LogP contribution in [0.4, 0.5) is 8.78 Å². The molecular weight excluding hydrogens is 487 g/mol. The van der Waals surface area contributed by atoms with E-state index in [2.05, 4.69) is 32.5 Å². The zero-order chi connectivity index (χ0) is 19.9. The van der Waals surface area contributed by atoms with Crippen molar-refractivity contribution in [2.45, 2.75) is 38.3 Å². The Labute approximate surface area is 190 Å². The third-order valence-electron chi connectivity index (χ3n) is 5.82. The summed E-state index contributed by atoms with van der Waals surface area (Å²) in [6, 6.07) is 4.56. The normalized spacial score (nSPS) is 22.2. The summed E-state index contributed by atoms with van der Waals surface area (Å²) in [7, 11) is 4.01. The Hall–Kier alpha value is -1.00. The van der Waals surface area contributed by atoms with E-state index in [0.29, 0.717) is 18.5 Å². The molecule has 5 nitrogen and oxygen atoms in total. The lowest BCUT2D eigenvalue weighted by molar-refractivity contribution is 0.197. The summed E-state index contributed by atoms with van der Waals surface area (Å²) >= 11 is 0. The zero-order valence-corrected chi connectivity index (χ0v) is 19.8. The smallest absolute Gasteiger partial charge is 0.191 e. The van der Waals surface area contributed by atoms with Crippen LogP contribution in [0.3, 0.4) is 0 Å². The largest absolute Gasteiger partial charge is 0.356 e. The second-order valence-corrected chi connectivity index (χ2v) is 8.17. The van der Waals surface area contributed by atoms with Crippen LogP contribution < -0.4 is 10.6 Å². The number of nitrogens with zero attached hydrogens (tertiary/aromatic N) is 3. The van der Waals surface area contributed by atoms with Crippen LogP contribution >= 0.6 is 24.0 Å². The lowest BCUT2D eigenvalue weighted by atomic mass is 9.98. The molecule has 164 valence electrons. The van der Waals surface area contributed by atoms with Crippen molar-refractivity contribution in [1.29, 1.82) is 0 Å². The monoisotopic (exact) mass is 521 g/mol. The lowest BCUT2D eigenvalue weighted by Crippen LogP contribution is -2.50. The highest BCUT2D eigenvalue weighted by molar-refractivity contribution is 14.0. The highest BCUT2D eigenvalue weighted by Crippen LogP contribution is 2.16. The quantitative estimate of drug-likeness (QED) is 0.355. The molecule has 1 aromatic rings. The number of benzene rings is 1. The number of likely N-dealkylation sites (tertiary alicyclic amines) is 2. The molecule has 1 unspecified atom stereocenters. The van der Waals surface area contributed by atoms with Gasteiger partial charge in [-0.1, -0.05) is 6.07 Å². The molecule has 1 aromatic carbocycles. The Balaban J connectivity index is 0.00000300. The molecule has 2 aliphatic rings. The van der Waals surface area contributed by atoms with Gasteiger partial charge in [-0.05, 0) is 62.9 Å². The molecule has 2 aliphatic heterocycles. The summed E-state index contributed by atoms with van der Waals surface area (Å²) in [5.74, 6) is 0.000956. The molecule has 8 heteroatoms. The Morgan fingerprint density at radius 1 is 1.14 bits per heavy atom. The van der Waals surface area contributed by atoms with Crippen LogP contribution in [0.15, 0.2) is 23.2 Å². The molecular formula is C21H34F2IN5. The van der Waals surface area contributed by atoms with E-state index in [9.17, 15) is 8.78 Å². The topological polar surface area (TPSA) is 42.9 Å². The van der Waals surface area contributed by atoms with Gasteiger partial charge in [-0.25, -0.2) is 8.78 Å². The van der Waals surface area contributed by atoms with Crippen molar-refractivity contribution in [2.75, 3.05) is 46.8 Å². The molecule has 0 amide bonds. The van der Waals surface area contributed by atoms with Crippen molar-refractivity contribution in [3.63, 3.8) is 0 Å². The van der Waals surface area contributed by atoms with E-state index in [-0.39, 0.29) is 24.0 Å². The molecule has 0 aromatic heterocycles. The van der Waals surface area contributed by atoms with Crippen molar-refractivity contribution in [3.05, 3.63) is 35.4 Å².